The number of halogens is 2. The van der Waals surface area contributed by atoms with E-state index >= 15 is 0 Å². The van der Waals surface area contributed by atoms with Crippen LogP contribution in [0.2, 0.25) is 5.15 Å². The molecule has 9 aromatic heterocycles. The van der Waals surface area contributed by atoms with Crippen LogP contribution in [0.3, 0.4) is 0 Å². The number of fused-ring (bicyclic) bond motifs is 20. The van der Waals surface area contributed by atoms with Crippen LogP contribution in [0.5, 0.6) is 0 Å². The van der Waals surface area contributed by atoms with Gasteiger partial charge in [-0.3, -0.25) is 9.38 Å². The largest absolute Gasteiger partial charge is 0.345 e. The molecule has 0 radical (unpaired) electrons. The standard InChI is InChI=1S/C38H23N5.C33H22N4.C5H3ClIN/c1-3-10-24(11-4-1)42-31-15-8-7-14-27(31)35-32(42)18-17-26-28-22-29-30(23-34(28)43(37(26)35)25-12-5-2-6-13-25)38-40-20-21-41(38)33-16-9-19-39-36(29)33;1-3-9-23(10-4-1)36-28-14-8-7-13-27(28)31-29(36)18-17-26-25-16-15-22(33-34-19-20-35-33)21-30(25)37(32(26)31)24-11-5-2-6-12-24;6-5-4(7)2-1-3-8-5/h1-23H;1-21H,(H,34,35);1-3H. The van der Waals surface area contributed by atoms with Crippen molar-refractivity contribution in [1.29, 1.82) is 0 Å². The van der Waals surface area contributed by atoms with Gasteiger partial charge in [-0.1, -0.05) is 145 Å². The lowest BCUT2D eigenvalue weighted by Gasteiger charge is -2.11. The molecule has 0 unspecified atom stereocenters. The third-order valence-electron chi connectivity index (χ3n) is 17.0. The lowest BCUT2D eigenvalue weighted by atomic mass is 10.0. The molecule has 10 nitrogen and oxygen atoms in total. The molecule has 9 heterocycles. The fraction of sp³-hybridized carbons (Fsp3) is 0. The van der Waals surface area contributed by atoms with E-state index in [4.69, 9.17) is 21.6 Å². The summed E-state index contributed by atoms with van der Waals surface area (Å²) in [7, 11) is 0. The molecule has 0 aliphatic heterocycles. The number of aromatic amines is 1. The highest BCUT2D eigenvalue weighted by Crippen LogP contribution is 2.46. The molecule has 0 saturated carbocycles. The average Bonchev–Trinajstić information content (AvgIpc) is 1.62. The second-order valence-corrected chi connectivity index (χ2v) is 23.3. The summed E-state index contributed by atoms with van der Waals surface area (Å²) in [6.45, 7) is 0. The Morgan fingerprint density at radius 2 is 0.852 bits per heavy atom. The van der Waals surface area contributed by atoms with Crippen LogP contribution in [0.15, 0.2) is 286 Å². The zero-order valence-electron chi connectivity index (χ0n) is 46.9. The molecule has 12 heteroatoms. The second-order valence-electron chi connectivity index (χ2n) is 21.8. The maximum absolute atomic E-state index is 5.59. The quantitative estimate of drug-likeness (QED) is 0.106. The number of H-pyrrole nitrogens is 1. The lowest BCUT2D eigenvalue weighted by Crippen LogP contribution is -1.96. The van der Waals surface area contributed by atoms with Gasteiger partial charge in [0.05, 0.1) is 58.7 Å². The van der Waals surface area contributed by atoms with Gasteiger partial charge in [-0.25, -0.2) is 15.0 Å². The third kappa shape index (κ3) is 8.15. The normalized spacial score (nSPS) is 11.8. The van der Waals surface area contributed by atoms with Gasteiger partial charge in [0.15, 0.2) is 0 Å². The Kier molecular flexibility index (Phi) is 12.3. The Bertz CT molecular complexity index is 5870. The van der Waals surface area contributed by atoms with Crippen molar-refractivity contribution in [2.75, 3.05) is 0 Å². The molecule has 0 aliphatic rings. The van der Waals surface area contributed by atoms with Gasteiger partial charge in [-0.15, -0.1) is 0 Å². The first-order chi connectivity index (χ1) is 43.6. The van der Waals surface area contributed by atoms with E-state index in [9.17, 15) is 0 Å². The van der Waals surface area contributed by atoms with Gasteiger partial charge in [0, 0.05) is 119 Å². The fourth-order valence-corrected chi connectivity index (χ4v) is 13.8. The summed E-state index contributed by atoms with van der Waals surface area (Å²) in [5.74, 6) is 0.873. The van der Waals surface area contributed by atoms with Crippen LogP contribution in [0.4, 0.5) is 0 Å². The zero-order chi connectivity index (χ0) is 58.4. The van der Waals surface area contributed by atoms with Gasteiger partial charge in [0.2, 0.25) is 0 Å². The number of rotatable bonds is 5. The van der Waals surface area contributed by atoms with E-state index in [-0.39, 0.29) is 0 Å². The van der Waals surface area contributed by atoms with Crippen molar-refractivity contribution in [2.24, 2.45) is 0 Å². The molecule has 0 atom stereocenters. The topological polar surface area (TPSA) is 91.5 Å². The summed E-state index contributed by atoms with van der Waals surface area (Å²) in [6, 6.07) is 88.5. The SMILES string of the molecule is Clc1ncccc1I.c1ccc(-n2c3ccccc3c3c2ccc2c4cc5c(cc4n(-c4ccccc4)c23)c2nccn2c2cccnc52)cc1.c1ccc(-n2c3ccccc3c3c2ccc2c4ccc(-c5ncc[nH]5)cc4n(-c4ccccc4)c23)cc1. The first-order valence-electron chi connectivity index (χ1n) is 29.1. The van der Waals surface area contributed by atoms with Crippen LogP contribution in [-0.4, -0.2) is 47.6 Å². The van der Waals surface area contributed by atoms with E-state index in [0.29, 0.717) is 5.15 Å². The first kappa shape index (κ1) is 51.6. The molecule has 0 amide bonds. The van der Waals surface area contributed by atoms with Crippen LogP contribution < -0.4 is 0 Å². The minimum absolute atomic E-state index is 0.577. The van der Waals surface area contributed by atoms with Crippen molar-refractivity contribution in [2.45, 2.75) is 0 Å². The fourth-order valence-electron chi connectivity index (χ4n) is 13.4. The van der Waals surface area contributed by atoms with Gasteiger partial charge in [-0.2, -0.15) is 0 Å². The molecule has 416 valence electrons. The van der Waals surface area contributed by atoms with Crippen molar-refractivity contribution < 1.29 is 0 Å². The van der Waals surface area contributed by atoms with E-state index in [1.807, 2.05) is 43.0 Å². The molecule has 0 fully saturated rings. The van der Waals surface area contributed by atoms with Crippen molar-refractivity contribution in [3.8, 4) is 34.1 Å². The van der Waals surface area contributed by atoms with Crippen molar-refractivity contribution in [1.82, 2.24) is 47.6 Å². The highest BCUT2D eigenvalue weighted by Gasteiger charge is 2.24. The molecule has 0 aliphatic carbocycles. The zero-order valence-corrected chi connectivity index (χ0v) is 49.8. The Morgan fingerprint density at radius 3 is 1.41 bits per heavy atom. The number of hydrogen-bond donors (Lipinski definition) is 1. The van der Waals surface area contributed by atoms with Gasteiger partial charge in [0.1, 0.15) is 16.6 Å². The van der Waals surface area contributed by atoms with E-state index in [0.717, 1.165) is 70.7 Å². The number of para-hydroxylation sites is 6. The Balaban J connectivity index is 0.000000122. The molecule has 0 bridgehead atoms. The van der Waals surface area contributed by atoms with Crippen LogP contribution in [0.25, 0.3) is 149 Å². The number of nitrogens with zero attached hydrogens (tertiary/aromatic N) is 9. The van der Waals surface area contributed by atoms with Gasteiger partial charge < -0.3 is 23.3 Å². The lowest BCUT2D eigenvalue weighted by molar-refractivity contribution is 1.17. The Labute approximate surface area is 521 Å². The molecule has 10 aromatic carbocycles. The van der Waals surface area contributed by atoms with E-state index in [2.05, 4.69) is 291 Å². The number of imidazole rings is 2. The Hall–Kier alpha value is -10.9. The number of hydrogen-bond acceptors (Lipinski definition) is 4. The maximum Gasteiger partial charge on any atom is 0.145 e. The van der Waals surface area contributed by atoms with E-state index in [1.54, 1.807) is 12.4 Å². The molecule has 1 N–H and O–H groups in total. The molecule has 88 heavy (non-hydrogen) atoms. The van der Waals surface area contributed by atoms with Gasteiger partial charge in [-0.05, 0) is 138 Å². The maximum atomic E-state index is 5.59. The summed E-state index contributed by atoms with van der Waals surface area (Å²) < 4.78 is 12.8. The van der Waals surface area contributed by atoms with Crippen LogP contribution in [-0.2, 0) is 0 Å². The van der Waals surface area contributed by atoms with Crippen molar-refractivity contribution in [3.63, 3.8) is 0 Å². The highest BCUT2D eigenvalue weighted by molar-refractivity contribution is 14.1. The van der Waals surface area contributed by atoms with Crippen LogP contribution in [0.1, 0.15) is 0 Å². The summed E-state index contributed by atoms with van der Waals surface area (Å²) in [5.41, 5.74) is 18.2. The molecular weight excluding hydrogens is 1220 g/mol. The van der Waals surface area contributed by atoms with Crippen LogP contribution >= 0.6 is 34.2 Å². The summed E-state index contributed by atoms with van der Waals surface area (Å²) in [6.07, 6.45) is 11.1. The number of benzene rings is 10. The van der Waals surface area contributed by atoms with Gasteiger partial charge >= 0.3 is 0 Å². The summed E-state index contributed by atoms with van der Waals surface area (Å²) in [4.78, 5) is 21.3. The van der Waals surface area contributed by atoms with Crippen LogP contribution in [0, 0.1) is 3.57 Å². The highest BCUT2D eigenvalue weighted by atomic mass is 127. The molecule has 19 rings (SSSR count). The molecule has 0 spiro atoms. The predicted molar refractivity (Wildman–Crippen MR) is 371 cm³/mol. The van der Waals surface area contributed by atoms with Crippen molar-refractivity contribution >= 4 is 149 Å². The third-order valence-corrected chi connectivity index (χ3v) is 18.5. The monoisotopic (exact) mass is 1260 g/mol. The molecule has 19 aromatic rings. The van der Waals surface area contributed by atoms with Crippen molar-refractivity contribution in [3.05, 3.63) is 295 Å². The summed E-state index contributed by atoms with van der Waals surface area (Å²) >= 11 is 7.72. The second kappa shape index (κ2) is 21.0. The van der Waals surface area contributed by atoms with Gasteiger partial charge in [0.25, 0.3) is 0 Å². The predicted octanol–water partition coefficient (Wildman–Crippen LogP) is 19.8. The summed E-state index contributed by atoms with van der Waals surface area (Å²) in [5, 5.41) is 12.7. The molecular formula is C76H48ClIN10. The molecule has 0 saturated heterocycles. The minimum Gasteiger partial charge on any atom is -0.345 e. The average molecular weight is 1260 g/mol. The van der Waals surface area contributed by atoms with E-state index in [1.165, 1.54) is 81.7 Å². The minimum atomic E-state index is 0.577. The number of pyridine rings is 3. The number of aromatic nitrogens is 10. The smallest absolute Gasteiger partial charge is 0.145 e. The van der Waals surface area contributed by atoms with E-state index < -0.39 is 0 Å². The number of nitrogens with one attached hydrogen (secondary N) is 1. The first-order valence-corrected chi connectivity index (χ1v) is 30.5. The Morgan fingerprint density at radius 1 is 0.341 bits per heavy atom.